The summed E-state index contributed by atoms with van der Waals surface area (Å²) < 4.78 is 0. The van der Waals surface area contributed by atoms with Crippen LogP contribution in [0.3, 0.4) is 0 Å². The van der Waals surface area contributed by atoms with Crippen molar-refractivity contribution in [2.45, 2.75) is 75.9 Å². The highest BCUT2D eigenvalue weighted by Crippen LogP contribution is 2.31. The number of likely N-dealkylation sites (tertiary alicyclic amines) is 1. The number of amides is 3. The Morgan fingerprint density at radius 1 is 0.923 bits per heavy atom. The minimum atomic E-state index is -0.00993. The molecule has 0 radical (unpaired) electrons. The molecule has 0 aromatic rings. The summed E-state index contributed by atoms with van der Waals surface area (Å²) >= 11 is 0. The van der Waals surface area contributed by atoms with Gasteiger partial charge in [0.2, 0.25) is 5.91 Å². The number of hydrogen-bond acceptors (Lipinski definition) is 3. The van der Waals surface area contributed by atoms with Crippen molar-refractivity contribution in [2.75, 3.05) is 26.2 Å². The fraction of sp³-hybridized carbons (Fsp3) is 0.895. The summed E-state index contributed by atoms with van der Waals surface area (Å²) in [7, 11) is 0. The Morgan fingerprint density at radius 2 is 1.69 bits per heavy atom. The Morgan fingerprint density at radius 3 is 2.50 bits per heavy atom. The van der Waals surface area contributed by atoms with Gasteiger partial charge in [-0.1, -0.05) is 12.8 Å². The molecule has 4 rings (SSSR count). The second-order valence-corrected chi connectivity index (χ2v) is 8.34. The number of hydrogen-bond donors (Lipinski definition) is 2. The molecule has 4 fully saturated rings. The Bertz CT molecular complexity index is 498. The SMILES string of the molecule is Cl.O=C(NC1CCCC1)N1CCCC(C(=O)N2C3CCNCC2CC3)C1. The molecule has 1 aliphatic carbocycles. The van der Waals surface area contributed by atoms with Crippen LogP contribution in [0.1, 0.15) is 57.8 Å². The molecule has 6 nitrogen and oxygen atoms in total. The predicted molar refractivity (Wildman–Crippen MR) is 103 cm³/mol. The van der Waals surface area contributed by atoms with Crippen LogP contribution < -0.4 is 10.6 Å². The molecular formula is C19H33ClN4O2. The molecule has 4 aliphatic rings. The number of halogens is 1. The number of fused-ring (bicyclic) bond motifs is 2. The van der Waals surface area contributed by atoms with Crippen LogP contribution in [0, 0.1) is 5.92 Å². The van der Waals surface area contributed by atoms with E-state index >= 15 is 0 Å². The van der Waals surface area contributed by atoms with Crippen LogP contribution in [0.5, 0.6) is 0 Å². The molecule has 0 aromatic carbocycles. The summed E-state index contributed by atoms with van der Waals surface area (Å²) in [5, 5.41) is 6.64. The van der Waals surface area contributed by atoms with Gasteiger partial charge in [0.15, 0.2) is 0 Å². The van der Waals surface area contributed by atoms with Gasteiger partial charge in [0.25, 0.3) is 0 Å². The van der Waals surface area contributed by atoms with Gasteiger partial charge < -0.3 is 20.4 Å². The first-order valence-electron chi connectivity index (χ1n) is 10.3. The Hall–Kier alpha value is -1.01. The summed E-state index contributed by atoms with van der Waals surface area (Å²) in [5.74, 6) is 0.291. The van der Waals surface area contributed by atoms with Gasteiger partial charge in [0.05, 0.1) is 5.92 Å². The van der Waals surface area contributed by atoms with Gasteiger partial charge in [0.1, 0.15) is 0 Å². The van der Waals surface area contributed by atoms with Gasteiger partial charge in [-0.25, -0.2) is 4.79 Å². The summed E-state index contributed by atoms with van der Waals surface area (Å²) in [6.45, 7) is 3.34. The number of piperidine rings is 1. The number of rotatable bonds is 2. The second-order valence-electron chi connectivity index (χ2n) is 8.34. The highest BCUT2D eigenvalue weighted by molar-refractivity contribution is 5.85. The topological polar surface area (TPSA) is 64.7 Å². The second kappa shape index (κ2) is 8.79. The summed E-state index contributed by atoms with van der Waals surface area (Å²) in [6, 6.07) is 1.17. The molecule has 2 bridgehead atoms. The molecule has 3 atom stereocenters. The molecule has 26 heavy (non-hydrogen) atoms. The van der Waals surface area contributed by atoms with Crippen LogP contribution in [0.2, 0.25) is 0 Å². The average molecular weight is 385 g/mol. The fourth-order valence-corrected chi connectivity index (χ4v) is 5.25. The third-order valence-corrected chi connectivity index (χ3v) is 6.65. The van der Waals surface area contributed by atoms with Gasteiger partial charge in [-0.15, -0.1) is 12.4 Å². The first-order chi connectivity index (χ1) is 12.2. The molecule has 3 saturated heterocycles. The predicted octanol–water partition coefficient (Wildman–Crippen LogP) is 2.13. The maximum Gasteiger partial charge on any atom is 0.317 e. The van der Waals surface area contributed by atoms with Crippen molar-refractivity contribution in [2.24, 2.45) is 5.92 Å². The minimum Gasteiger partial charge on any atom is -0.335 e. The lowest BCUT2D eigenvalue weighted by molar-refractivity contribution is -0.139. The van der Waals surface area contributed by atoms with Crippen LogP contribution in [-0.2, 0) is 4.79 Å². The van der Waals surface area contributed by atoms with Gasteiger partial charge >= 0.3 is 6.03 Å². The zero-order valence-electron chi connectivity index (χ0n) is 15.6. The lowest BCUT2D eigenvalue weighted by atomic mass is 9.95. The lowest BCUT2D eigenvalue weighted by Crippen LogP contribution is -2.53. The number of nitrogens with one attached hydrogen (secondary N) is 2. The first-order valence-corrected chi connectivity index (χ1v) is 10.3. The van der Waals surface area contributed by atoms with Crippen molar-refractivity contribution in [1.82, 2.24) is 20.4 Å². The van der Waals surface area contributed by atoms with Crippen molar-refractivity contribution in [1.29, 1.82) is 0 Å². The van der Waals surface area contributed by atoms with Crippen molar-refractivity contribution in [3.05, 3.63) is 0 Å². The van der Waals surface area contributed by atoms with E-state index in [2.05, 4.69) is 15.5 Å². The van der Waals surface area contributed by atoms with Gasteiger partial charge in [-0.05, 0) is 51.5 Å². The van der Waals surface area contributed by atoms with E-state index < -0.39 is 0 Å². The lowest BCUT2D eigenvalue weighted by Gasteiger charge is -2.37. The van der Waals surface area contributed by atoms with E-state index in [1.165, 1.54) is 12.8 Å². The third kappa shape index (κ3) is 4.11. The minimum absolute atomic E-state index is 0. The molecule has 7 heteroatoms. The van der Waals surface area contributed by atoms with Crippen LogP contribution in [-0.4, -0.2) is 66.0 Å². The number of carbonyl (C=O) groups is 2. The number of urea groups is 1. The van der Waals surface area contributed by atoms with E-state index in [1.54, 1.807) is 0 Å². The van der Waals surface area contributed by atoms with Crippen molar-refractivity contribution >= 4 is 24.3 Å². The van der Waals surface area contributed by atoms with E-state index in [-0.39, 0.29) is 24.4 Å². The summed E-state index contributed by atoms with van der Waals surface area (Å²) in [4.78, 5) is 29.9. The maximum atomic E-state index is 13.2. The highest BCUT2D eigenvalue weighted by Gasteiger charge is 2.41. The van der Waals surface area contributed by atoms with Crippen LogP contribution in [0.4, 0.5) is 4.79 Å². The molecule has 3 unspecified atom stereocenters. The monoisotopic (exact) mass is 384 g/mol. The zero-order chi connectivity index (χ0) is 17.2. The molecule has 3 aliphatic heterocycles. The number of carbonyl (C=O) groups excluding carboxylic acids is 2. The van der Waals surface area contributed by atoms with Crippen LogP contribution in [0.25, 0.3) is 0 Å². The van der Waals surface area contributed by atoms with E-state index in [1.807, 2.05) is 4.90 Å². The molecule has 1 saturated carbocycles. The largest absolute Gasteiger partial charge is 0.335 e. The molecule has 0 aromatic heterocycles. The van der Waals surface area contributed by atoms with E-state index in [0.29, 0.717) is 30.6 Å². The zero-order valence-corrected chi connectivity index (χ0v) is 16.4. The molecular weight excluding hydrogens is 352 g/mol. The van der Waals surface area contributed by atoms with Crippen molar-refractivity contribution in [3.8, 4) is 0 Å². The standard InChI is InChI=1S/C19H32N4O2.ClH/c24-18(23-16-7-8-17(23)12-20-10-9-16)14-4-3-11-22(13-14)19(25)21-15-5-1-2-6-15;/h14-17,20H,1-13H2,(H,21,25);1H. The fourth-order valence-electron chi connectivity index (χ4n) is 5.25. The van der Waals surface area contributed by atoms with Gasteiger partial charge in [-0.3, -0.25) is 4.79 Å². The van der Waals surface area contributed by atoms with E-state index in [0.717, 1.165) is 64.6 Å². The quantitative estimate of drug-likeness (QED) is 0.766. The Kier molecular flexibility index (Phi) is 6.67. The maximum absolute atomic E-state index is 13.2. The summed E-state index contributed by atoms with van der Waals surface area (Å²) in [6.07, 6.45) is 9.86. The Labute approximate surface area is 162 Å². The normalized spacial score (nSPS) is 32.1. The first kappa shape index (κ1) is 19.7. The summed E-state index contributed by atoms with van der Waals surface area (Å²) in [5.41, 5.74) is 0. The van der Waals surface area contributed by atoms with Gasteiger partial charge in [-0.2, -0.15) is 0 Å². The molecule has 3 amide bonds. The van der Waals surface area contributed by atoms with Gasteiger partial charge in [0, 0.05) is 37.8 Å². The molecule has 148 valence electrons. The van der Waals surface area contributed by atoms with E-state index in [4.69, 9.17) is 0 Å². The molecule has 2 N–H and O–H groups in total. The van der Waals surface area contributed by atoms with Crippen molar-refractivity contribution in [3.63, 3.8) is 0 Å². The number of nitrogens with zero attached hydrogens (tertiary/aromatic N) is 2. The molecule has 0 spiro atoms. The third-order valence-electron chi connectivity index (χ3n) is 6.65. The van der Waals surface area contributed by atoms with E-state index in [9.17, 15) is 9.59 Å². The van der Waals surface area contributed by atoms with Crippen molar-refractivity contribution < 1.29 is 9.59 Å². The van der Waals surface area contributed by atoms with Crippen LogP contribution >= 0.6 is 12.4 Å². The molecule has 3 heterocycles. The highest BCUT2D eigenvalue weighted by atomic mass is 35.5. The Balaban J connectivity index is 0.00000196. The average Bonchev–Trinajstić information content (AvgIpc) is 3.21. The van der Waals surface area contributed by atoms with Crippen LogP contribution in [0.15, 0.2) is 0 Å². The smallest absolute Gasteiger partial charge is 0.317 e.